The van der Waals surface area contributed by atoms with E-state index in [4.69, 9.17) is 14.0 Å². The summed E-state index contributed by atoms with van der Waals surface area (Å²) in [6.07, 6.45) is 0.681. The standard InChI is InChI=1S/C23H35BN2O5/c1-21(2,3)29-20(28)26-13-12-18(15-26)25-19(27)14-16-8-10-17(11-9-16)24-30-22(4,5)23(6,7)31-24/h8-11,18H,12-15H2,1-7H3,(H,25,27)/t18-/m1/s1. The quantitative estimate of drug-likeness (QED) is 0.744. The van der Waals surface area contributed by atoms with E-state index < -0.39 is 12.7 Å². The van der Waals surface area contributed by atoms with Gasteiger partial charge in [-0.2, -0.15) is 0 Å². The van der Waals surface area contributed by atoms with Gasteiger partial charge in [0.1, 0.15) is 5.60 Å². The van der Waals surface area contributed by atoms with Crippen LogP contribution in [0.1, 0.15) is 60.5 Å². The van der Waals surface area contributed by atoms with Crippen LogP contribution in [0.5, 0.6) is 0 Å². The summed E-state index contributed by atoms with van der Waals surface area (Å²) in [5.41, 5.74) is 0.561. The molecule has 170 valence electrons. The van der Waals surface area contributed by atoms with Crippen LogP contribution in [0.2, 0.25) is 0 Å². The predicted molar refractivity (Wildman–Crippen MR) is 120 cm³/mol. The first-order valence-corrected chi connectivity index (χ1v) is 11.0. The van der Waals surface area contributed by atoms with Crippen molar-refractivity contribution in [3.8, 4) is 0 Å². The van der Waals surface area contributed by atoms with Gasteiger partial charge in [-0.1, -0.05) is 24.3 Å². The predicted octanol–water partition coefficient (Wildman–Crippen LogP) is 2.65. The Morgan fingerprint density at radius 1 is 1.13 bits per heavy atom. The molecule has 0 saturated carbocycles. The fourth-order valence-electron chi connectivity index (χ4n) is 3.61. The normalized spacial score (nSPS) is 22.5. The number of ether oxygens (including phenoxy) is 1. The van der Waals surface area contributed by atoms with Gasteiger partial charge < -0.3 is 24.3 Å². The first-order valence-electron chi connectivity index (χ1n) is 11.0. The molecular weight excluding hydrogens is 395 g/mol. The van der Waals surface area contributed by atoms with E-state index in [0.29, 0.717) is 13.1 Å². The maximum absolute atomic E-state index is 12.5. The SMILES string of the molecule is CC(C)(C)OC(=O)N1CC[C@@H](NC(=O)Cc2ccc(B3OC(C)(C)C(C)(C)O3)cc2)C1. The molecule has 2 heterocycles. The third-order valence-corrected chi connectivity index (χ3v) is 6.07. The number of benzene rings is 1. The van der Waals surface area contributed by atoms with Gasteiger partial charge in [0, 0.05) is 19.1 Å². The van der Waals surface area contributed by atoms with Crippen molar-refractivity contribution in [3.63, 3.8) is 0 Å². The number of nitrogens with zero attached hydrogens (tertiary/aromatic N) is 1. The molecule has 1 N–H and O–H groups in total. The van der Waals surface area contributed by atoms with Crippen LogP contribution in [-0.2, 0) is 25.3 Å². The fraction of sp³-hybridized carbons (Fsp3) is 0.652. The molecule has 0 radical (unpaired) electrons. The second-order valence-electron chi connectivity index (χ2n) is 10.5. The van der Waals surface area contributed by atoms with Gasteiger partial charge in [0.25, 0.3) is 0 Å². The molecule has 2 aliphatic heterocycles. The lowest BCUT2D eigenvalue weighted by Gasteiger charge is -2.32. The highest BCUT2D eigenvalue weighted by atomic mass is 16.7. The molecule has 0 aliphatic carbocycles. The Bertz CT molecular complexity index is 800. The maximum Gasteiger partial charge on any atom is 0.494 e. The van der Waals surface area contributed by atoms with Crippen molar-refractivity contribution in [2.45, 2.75) is 84.2 Å². The van der Waals surface area contributed by atoms with Crippen molar-refractivity contribution in [1.82, 2.24) is 10.2 Å². The topological polar surface area (TPSA) is 77.1 Å². The van der Waals surface area contributed by atoms with Gasteiger partial charge >= 0.3 is 13.2 Å². The molecular formula is C23H35BN2O5. The van der Waals surface area contributed by atoms with E-state index in [-0.39, 0.29) is 35.7 Å². The zero-order valence-corrected chi connectivity index (χ0v) is 19.8. The van der Waals surface area contributed by atoms with Crippen LogP contribution in [0.25, 0.3) is 0 Å². The third-order valence-electron chi connectivity index (χ3n) is 6.07. The Balaban J connectivity index is 1.49. The van der Waals surface area contributed by atoms with E-state index in [2.05, 4.69) is 5.32 Å². The van der Waals surface area contributed by atoms with Crippen LogP contribution in [0.3, 0.4) is 0 Å². The summed E-state index contributed by atoms with van der Waals surface area (Å²) >= 11 is 0. The molecule has 1 atom stereocenters. The van der Waals surface area contributed by atoms with E-state index >= 15 is 0 Å². The summed E-state index contributed by atoms with van der Waals surface area (Å²) in [7, 11) is -0.412. The van der Waals surface area contributed by atoms with Gasteiger partial charge in [-0.25, -0.2) is 4.79 Å². The molecule has 0 unspecified atom stereocenters. The molecule has 0 aromatic heterocycles. The van der Waals surface area contributed by atoms with Gasteiger partial charge in [0.05, 0.1) is 17.6 Å². The van der Waals surface area contributed by atoms with E-state index in [0.717, 1.165) is 17.4 Å². The average molecular weight is 430 g/mol. The zero-order valence-electron chi connectivity index (χ0n) is 19.8. The number of carbonyl (C=O) groups is 2. The smallest absolute Gasteiger partial charge is 0.444 e. The molecule has 7 nitrogen and oxygen atoms in total. The molecule has 1 aromatic carbocycles. The Hall–Kier alpha value is -2.06. The lowest BCUT2D eigenvalue weighted by molar-refractivity contribution is -0.121. The average Bonchev–Trinajstić information content (AvgIpc) is 3.16. The summed E-state index contributed by atoms with van der Waals surface area (Å²) < 4.78 is 17.6. The molecule has 0 spiro atoms. The second-order valence-corrected chi connectivity index (χ2v) is 10.5. The highest BCUT2D eigenvalue weighted by molar-refractivity contribution is 6.62. The lowest BCUT2D eigenvalue weighted by Crippen LogP contribution is -2.41. The minimum absolute atomic E-state index is 0.0518. The van der Waals surface area contributed by atoms with Gasteiger partial charge in [0.15, 0.2) is 0 Å². The fourth-order valence-corrected chi connectivity index (χ4v) is 3.61. The van der Waals surface area contributed by atoms with Crippen molar-refractivity contribution >= 4 is 24.6 Å². The molecule has 31 heavy (non-hydrogen) atoms. The van der Waals surface area contributed by atoms with Crippen molar-refractivity contribution in [1.29, 1.82) is 0 Å². The number of rotatable bonds is 4. The molecule has 0 bridgehead atoms. The number of hydrogen-bond acceptors (Lipinski definition) is 5. The lowest BCUT2D eigenvalue weighted by atomic mass is 9.79. The summed E-state index contributed by atoms with van der Waals surface area (Å²) in [6, 6.07) is 7.71. The summed E-state index contributed by atoms with van der Waals surface area (Å²) in [5.74, 6) is -0.0561. The van der Waals surface area contributed by atoms with E-state index in [1.807, 2.05) is 72.7 Å². The Labute approximate surface area is 185 Å². The van der Waals surface area contributed by atoms with Crippen LogP contribution >= 0.6 is 0 Å². The molecule has 8 heteroatoms. The third kappa shape index (κ3) is 5.80. The number of amides is 2. The first-order chi connectivity index (χ1) is 14.3. The van der Waals surface area contributed by atoms with Gasteiger partial charge in [0.2, 0.25) is 5.91 Å². The summed E-state index contributed by atoms with van der Waals surface area (Å²) in [6.45, 7) is 14.7. The highest BCUT2D eigenvalue weighted by Crippen LogP contribution is 2.36. The Morgan fingerprint density at radius 2 is 1.71 bits per heavy atom. The van der Waals surface area contributed by atoms with Crippen LogP contribution in [0.4, 0.5) is 4.79 Å². The Kier molecular flexibility index (Phi) is 6.45. The summed E-state index contributed by atoms with van der Waals surface area (Å²) in [4.78, 5) is 26.3. The monoisotopic (exact) mass is 430 g/mol. The number of hydrogen-bond donors (Lipinski definition) is 1. The molecule has 2 fully saturated rings. The van der Waals surface area contributed by atoms with Crippen LogP contribution < -0.4 is 10.8 Å². The zero-order chi connectivity index (χ0) is 23.0. The molecule has 1 aromatic rings. The molecule has 2 aliphatic rings. The van der Waals surface area contributed by atoms with Crippen molar-refractivity contribution in [2.24, 2.45) is 0 Å². The number of carbonyl (C=O) groups excluding carboxylic acids is 2. The van der Waals surface area contributed by atoms with Crippen molar-refractivity contribution < 1.29 is 23.6 Å². The van der Waals surface area contributed by atoms with Crippen molar-refractivity contribution in [3.05, 3.63) is 29.8 Å². The van der Waals surface area contributed by atoms with Gasteiger partial charge in [-0.05, 0) is 65.9 Å². The summed E-state index contributed by atoms with van der Waals surface area (Å²) in [5, 5.41) is 3.03. The molecule has 2 saturated heterocycles. The number of likely N-dealkylation sites (tertiary alicyclic amines) is 1. The molecule has 3 rings (SSSR count). The van der Waals surface area contributed by atoms with E-state index in [1.165, 1.54) is 0 Å². The van der Waals surface area contributed by atoms with Crippen LogP contribution in [0, 0.1) is 0 Å². The molecule has 2 amide bonds. The van der Waals surface area contributed by atoms with Crippen LogP contribution in [-0.4, -0.2) is 60.0 Å². The van der Waals surface area contributed by atoms with E-state index in [9.17, 15) is 9.59 Å². The van der Waals surface area contributed by atoms with Gasteiger partial charge in [-0.15, -0.1) is 0 Å². The van der Waals surface area contributed by atoms with Gasteiger partial charge in [-0.3, -0.25) is 4.79 Å². The minimum Gasteiger partial charge on any atom is -0.444 e. The highest BCUT2D eigenvalue weighted by Gasteiger charge is 2.51. The first kappa shape index (κ1) is 23.6. The second kappa shape index (κ2) is 8.47. The van der Waals surface area contributed by atoms with E-state index in [1.54, 1.807) is 4.90 Å². The number of nitrogens with one attached hydrogen (secondary N) is 1. The maximum atomic E-state index is 12.5. The largest absolute Gasteiger partial charge is 0.494 e. The van der Waals surface area contributed by atoms with Crippen LogP contribution in [0.15, 0.2) is 24.3 Å². The minimum atomic E-state index is -0.523. The Morgan fingerprint density at radius 3 is 2.26 bits per heavy atom. The van der Waals surface area contributed by atoms with Crippen molar-refractivity contribution in [2.75, 3.05) is 13.1 Å².